The minimum Gasteiger partial charge on any atom is -0.497 e. The molecule has 0 aliphatic carbocycles. The van der Waals surface area contributed by atoms with Crippen molar-refractivity contribution in [3.63, 3.8) is 0 Å². The molecule has 110 valence electrons. The highest BCUT2D eigenvalue weighted by Crippen LogP contribution is 2.44. The van der Waals surface area contributed by atoms with Gasteiger partial charge in [-0.3, -0.25) is 4.79 Å². The number of benzene rings is 2. The van der Waals surface area contributed by atoms with Gasteiger partial charge in [-0.25, -0.2) is 0 Å². The third kappa shape index (κ3) is 3.10. The molecular formula is C14H7Cl5O2. The Morgan fingerprint density at radius 3 is 1.67 bits per heavy atom. The molecule has 2 rings (SSSR count). The molecule has 0 radical (unpaired) electrons. The second-order valence-corrected chi connectivity index (χ2v) is 5.89. The zero-order chi connectivity index (χ0) is 15.7. The number of hydrogen-bond donors (Lipinski definition) is 0. The Morgan fingerprint density at radius 1 is 0.810 bits per heavy atom. The molecule has 0 spiro atoms. The summed E-state index contributed by atoms with van der Waals surface area (Å²) in [5.74, 6) is 0.212. The van der Waals surface area contributed by atoms with Crippen LogP contribution in [0.4, 0.5) is 0 Å². The van der Waals surface area contributed by atoms with Gasteiger partial charge in [-0.2, -0.15) is 0 Å². The molecular weight excluding hydrogens is 377 g/mol. The van der Waals surface area contributed by atoms with Gasteiger partial charge in [-0.1, -0.05) is 58.0 Å². The van der Waals surface area contributed by atoms with E-state index in [4.69, 9.17) is 62.7 Å². The topological polar surface area (TPSA) is 26.3 Å². The highest BCUT2D eigenvalue weighted by Gasteiger charge is 2.24. The van der Waals surface area contributed by atoms with Crippen molar-refractivity contribution < 1.29 is 9.53 Å². The van der Waals surface area contributed by atoms with Crippen molar-refractivity contribution >= 4 is 63.8 Å². The van der Waals surface area contributed by atoms with Gasteiger partial charge in [0.15, 0.2) is 5.78 Å². The van der Waals surface area contributed by atoms with Gasteiger partial charge < -0.3 is 4.74 Å². The van der Waals surface area contributed by atoms with Crippen LogP contribution in [0.15, 0.2) is 24.3 Å². The van der Waals surface area contributed by atoms with Crippen LogP contribution in [0.2, 0.25) is 25.1 Å². The van der Waals surface area contributed by atoms with E-state index in [0.29, 0.717) is 11.3 Å². The van der Waals surface area contributed by atoms with Gasteiger partial charge in [-0.15, -0.1) is 0 Å². The predicted octanol–water partition coefficient (Wildman–Crippen LogP) is 6.19. The number of hydrogen-bond acceptors (Lipinski definition) is 2. The van der Waals surface area contributed by atoms with Crippen LogP contribution < -0.4 is 4.74 Å². The molecule has 0 saturated heterocycles. The molecule has 0 saturated carbocycles. The third-order valence-electron chi connectivity index (χ3n) is 2.79. The summed E-state index contributed by atoms with van der Waals surface area (Å²) < 4.78 is 5.03. The average Bonchev–Trinajstić information content (AvgIpc) is 2.51. The quantitative estimate of drug-likeness (QED) is 0.358. The van der Waals surface area contributed by atoms with Crippen LogP contribution in [-0.4, -0.2) is 12.9 Å². The van der Waals surface area contributed by atoms with E-state index in [1.807, 2.05) is 0 Å². The molecule has 7 heteroatoms. The van der Waals surface area contributed by atoms with Crippen molar-refractivity contribution in [1.29, 1.82) is 0 Å². The van der Waals surface area contributed by atoms with Crippen LogP contribution in [0, 0.1) is 0 Å². The zero-order valence-electron chi connectivity index (χ0n) is 10.5. The van der Waals surface area contributed by atoms with E-state index in [2.05, 4.69) is 0 Å². The van der Waals surface area contributed by atoms with Crippen molar-refractivity contribution in [3.05, 3.63) is 60.5 Å². The molecule has 2 aromatic carbocycles. The van der Waals surface area contributed by atoms with Crippen LogP contribution in [0.5, 0.6) is 5.75 Å². The Morgan fingerprint density at radius 2 is 1.24 bits per heavy atom. The molecule has 0 atom stereocenters. The average molecular weight is 384 g/mol. The summed E-state index contributed by atoms with van der Waals surface area (Å²) in [4.78, 5) is 12.5. The molecule has 0 bridgehead atoms. The number of halogens is 5. The van der Waals surface area contributed by atoms with E-state index in [0.717, 1.165) is 0 Å². The summed E-state index contributed by atoms with van der Waals surface area (Å²) in [6, 6.07) is 6.47. The Hall–Kier alpha value is -0.640. The number of carbonyl (C=O) groups excluding carboxylic acids is 1. The van der Waals surface area contributed by atoms with Crippen LogP contribution in [0.25, 0.3) is 0 Å². The largest absolute Gasteiger partial charge is 0.497 e. The van der Waals surface area contributed by atoms with E-state index >= 15 is 0 Å². The molecule has 0 fully saturated rings. The van der Waals surface area contributed by atoms with Crippen LogP contribution in [-0.2, 0) is 0 Å². The number of methoxy groups -OCH3 is 1. The van der Waals surface area contributed by atoms with Gasteiger partial charge in [-0.05, 0) is 24.3 Å². The first-order valence-electron chi connectivity index (χ1n) is 5.58. The first-order chi connectivity index (χ1) is 9.88. The maximum atomic E-state index is 12.5. The molecule has 0 N–H and O–H groups in total. The van der Waals surface area contributed by atoms with E-state index in [1.54, 1.807) is 24.3 Å². The summed E-state index contributed by atoms with van der Waals surface area (Å²) in [7, 11) is 1.53. The van der Waals surface area contributed by atoms with Gasteiger partial charge in [0.25, 0.3) is 0 Å². The Bertz CT molecular complexity index is 681. The lowest BCUT2D eigenvalue weighted by Gasteiger charge is -2.11. The normalized spacial score (nSPS) is 10.6. The summed E-state index contributed by atoms with van der Waals surface area (Å²) in [5.41, 5.74) is 0.386. The Balaban J connectivity index is 2.58. The highest BCUT2D eigenvalue weighted by atomic mass is 35.5. The first kappa shape index (κ1) is 16.7. The molecule has 0 heterocycles. The minimum atomic E-state index is -0.409. The molecule has 2 nitrogen and oxygen atoms in total. The van der Waals surface area contributed by atoms with Crippen LogP contribution >= 0.6 is 58.0 Å². The van der Waals surface area contributed by atoms with Gasteiger partial charge in [0.1, 0.15) is 5.75 Å². The summed E-state index contributed by atoms with van der Waals surface area (Å²) in [6.07, 6.45) is 0. The number of ether oxygens (including phenoxy) is 1. The van der Waals surface area contributed by atoms with E-state index < -0.39 is 5.78 Å². The lowest BCUT2D eigenvalue weighted by atomic mass is 10.0. The fourth-order valence-corrected chi connectivity index (χ4v) is 3.00. The lowest BCUT2D eigenvalue weighted by molar-refractivity contribution is 0.103. The van der Waals surface area contributed by atoms with E-state index in [9.17, 15) is 4.79 Å². The first-order valence-corrected chi connectivity index (χ1v) is 7.47. The van der Waals surface area contributed by atoms with E-state index in [1.165, 1.54) is 7.11 Å². The summed E-state index contributed by atoms with van der Waals surface area (Å²) in [6.45, 7) is 0. The second-order valence-electron chi connectivity index (χ2n) is 4.00. The van der Waals surface area contributed by atoms with Gasteiger partial charge in [0.2, 0.25) is 0 Å². The van der Waals surface area contributed by atoms with E-state index in [-0.39, 0.29) is 30.7 Å². The fraction of sp³-hybridized carbons (Fsp3) is 0.0714. The van der Waals surface area contributed by atoms with Crippen molar-refractivity contribution in [1.82, 2.24) is 0 Å². The van der Waals surface area contributed by atoms with Crippen molar-refractivity contribution in [2.24, 2.45) is 0 Å². The van der Waals surface area contributed by atoms with Gasteiger partial charge >= 0.3 is 0 Å². The third-order valence-corrected chi connectivity index (χ3v) is 5.07. The van der Waals surface area contributed by atoms with Crippen molar-refractivity contribution in [2.75, 3.05) is 7.11 Å². The second kappa shape index (κ2) is 6.64. The molecule has 0 unspecified atom stereocenters. The minimum absolute atomic E-state index is 0.00963. The standard InChI is InChI=1S/C14H7Cl5O2/c1-21-7-4-2-6(3-5-7)14(20)8-9(15)11(17)13(19)12(18)10(8)16/h2-5H,1H3. The summed E-state index contributed by atoms with van der Waals surface area (Å²) in [5, 5.41) is -0.0671. The molecule has 0 aliphatic rings. The highest BCUT2D eigenvalue weighted by molar-refractivity contribution is 6.56. The molecule has 0 amide bonds. The van der Waals surface area contributed by atoms with Crippen molar-refractivity contribution in [2.45, 2.75) is 0 Å². The SMILES string of the molecule is COc1ccc(C(=O)c2c(Cl)c(Cl)c(Cl)c(Cl)c2Cl)cc1. The monoisotopic (exact) mass is 382 g/mol. The fourth-order valence-electron chi connectivity index (χ4n) is 1.69. The van der Waals surface area contributed by atoms with Crippen LogP contribution in [0.1, 0.15) is 15.9 Å². The molecule has 0 aliphatic heterocycles. The molecule has 2 aromatic rings. The van der Waals surface area contributed by atoms with Crippen LogP contribution in [0.3, 0.4) is 0 Å². The van der Waals surface area contributed by atoms with Crippen molar-refractivity contribution in [3.8, 4) is 5.75 Å². The Labute approximate surface area is 146 Å². The number of ketones is 1. The van der Waals surface area contributed by atoms with Gasteiger partial charge in [0.05, 0.1) is 37.8 Å². The molecule has 0 aromatic heterocycles. The number of carbonyl (C=O) groups is 1. The maximum absolute atomic E-state index is 12.5. The van der Waals surface area contributed by atoms with Gasteiger partial charge in [0, 0.05) is 5.56 Å². The zero-order valence-corrected chi connectivity index (χ0v) is 14.3. The maximum Gasteiger partial charge on any atom is 0.196 e. The summed E-state index contributed by atoms with van der Waals surface area (Å²) >= 11 is 30.0. The predicted molar refractivity (Wildman–Crippen MR) is 87.9 cm³/mol. The number of rotatable bonds is 3. The smallest absolute Gasteiger partial charge is 0.196 e. The molecule has 21 heavy (non-hydrogen) atoms. The Kier molecular flexibility index (Phi) is 5.29. The lowest BCUT2D eigenvalue weighted by Crippen LogP contribution is -2.04.